The van der Waals surface area contributed by atoms with Crippen molar-refractivity contribution in [2.75, 3.05) is 13.7 Å². The quantitative estimate of drug-likeness (QED) is 0.889. The van der Waals surface area contributed by atoms with Crippen LogP contribution in [0.4, 0.5) is 0 Å². The summed E-state index contributed by atoms with van der Waals surface area (Å²) in [6.07, 6.45) is 0. The third kappa shape index (κ3) is 3.52. The Morgan fingerprint density at radius 3 is 2.43 bits per heavy atom. The fourth-order valence-corrected chi connectivity index (χ4v) is 2.24. The lowest BCUT2D eigenvalue weighted by molar-refractivity contribution is 0.0864. The van der Waals surface area contributed by atoms with Gasteiger partial charge < -0.3 is 15.2 Å². The molecule has 4 nitrogen and oxygen atoms in total. The molecule has 0 aromatic heterocycles. The number of hydrogen-bond acceptors (Lipinski definition) is 3. The number of rotatable bonds is 5. The second-order valence-electron chi connectivity index (χ2n) is 5.50. The minimum Gasteiger partial charge on any atom is -0.507 e. The largest absolute Gasteiger partial charge is 0.507 e. The van der Waals surface area contributed by atoms with Gasteiger partial charge in [-0.15, -0.1) is 0 Å². The lowest BCUT2D eigenvalue weighted by Gasteiger charge is -2.21. The topological polar surface area (TPSA) is 58.6 Å². The Labute approximate surface area is 124 Å². The van der Waals surface area contributed by atoms with Crippen LogP contribution in [0.5, 0.6) is 5.75 Å². The molecule has 4 heteroatoms. The molecule has 1 unspecified atom stereocenters. The fraction of sp³-hybridized carbons (Fsp3) is 0.353. The van der Waals surface area contributed by atoms with Crippen LogP contribution in [-0.2, 0) is 4.74 Å². The van der Waals surface area contributed by atoms with Crippen LogP contribution in [0.2, 0.25) is 0 Å². The van der Waals surface area contributed by atoms with E-state index >= 15 is 0 Å². The van der Waals surface area contributed by atoms with Crippen molar-refractivity contribution in [3.05, 3.63) is 42.0 Å². The highest BCUT2D eigenvalue weighted by molar-refractivity contribution is 6.01. The lowest BCUT2D eigenvalue weighted by atomic mass is 10.0. The molecule has 1 amide bonds. The molecular formula is C17H21NO3. The predicted octanol–water partition coefficient (Wildman–Crippen LogP) is 2.95. The van der Waals surface area contributed by atoms with Crippen molar-refractivity contribution in [1.29, 1.82) is 0 Å². The van der Waals surface area contributed by atoms with E-state index < -0.39 is 0 Å². The Bertz CT molecular complexity index is 637. The van der Waals surface area contributed by atoms with E-state index in [9.17, 15) is 9.90 Å². The first-order chi connectivity index (χ1) is 10.0. The first-order valence-electron chi connectivity index (χ1n) is 7.04. The first-order valence-corrected chi connectivity index (χ1v) is 7.04. The van der Waals surface area contributed by atoms with Gasteiger partial charge in [0.05, 0.1) is 18.2 Å². The second kappa shape index (κ2) is 6.59. The van der Waals surface area contributed by atoms with Gasteiger partial charge in [0.2, 0.25) is 0 Å². The SMILES string of the molecule is COCC(NC(=O)c1cc2ccccc2cc1O)C(C)C. The first kappa shape index (κ1) is 15.3. The number of methoxy groups -OCH3 is 1. The van der Waals surface area contributed by atoms with Crippen LogP contribution < -0.4 is 5.32 Å². The smallest absolute Gasteiger partial charge is 0.255 e. The molecule has 0 aliphatic carbocycles. The van der Waals surface area contributed by atoms with Crippen LogP contribution >= 0.6 is 0 Å². The number of amides is 1. The Hall–Kier alpha value is -2.07. The molecule has 2 N–H and O–H groups in total. The maximum Gasteiger partial charge on any atom is 0.255 e. The average Bonchev–Trinajstić information content (AvgIpc) is 2.45. The van der Waals surface area contributed by atoms with E-state index in [4.69, 9.17) is 4.74 Å². The number of carbonyl (C=O) groups excluding carboxylic acids is 1. The van der Waals surface area contributed by atoms with Gasteiger partial charge in [0.25, 0.3) is 5.91 Å². The molecule has 1 atom stereocenters. The number of hydrogen-bond donors (Lipinski definition) is 2. The molecule has 0 radical (unpaired) electrons. The Morgan fingerprint density at radius 2 is 1.86 bits per heavy atom. The van der Waals surface area contributed by atoms with Gasteiger partial charge in [0.15, 0.2) is 0 Å². The van der Waals surface area contributed by atoms with Gasteiger partial charge in [-0.1, -0.05) is 38.1 Å². The second-order valence-corrected chi connectivity index (χ2v) is 5.50. The number of carbonyl (C=O) groups is 1. The van der Waals surface area contributed by atoms with Gasteiger partial charge in [-0.2, -0.15) is 0 Å². The zero-order valence-electron chi connectivity index (χ0n) is 12.6. The van der Waals surface area contributed by atoms with Gasteiger partial charge in [0.1, 0.15) is 5.75 Å². The van der Waals surface area contributed by atoms with Crippen molar-refractivity contribution < 1.29 is 14.6 Å². The van der Waals surface area contributed by atoms with E-state index in [1.54, 1.807) is 19.2 Å². The summed E-state index contributed by atoms with van der Waals surface area (Å²) in [5.74, 6) is -0.0448. The van der Waals surface area contributed by atoms with Crippen LogP contribution in [0.3, 0.4) is 0 Å². The van der Waals surface area contributed by atoms with E-state index in [0.29, 0.717) is 6.61 Å². The van der Waals surface area contributed by atoms with Gasteiger partial charge in [0, 0.05) is 7.11 Å². The molecule has 2 aromatic rings. The Kier molecular flexibility index (Phi) is 4.81. The number of fused-ring (bicyclic) bond motifs is 1. The molecule has 2 aromatic carbocycles. The summed E-state index contributed by atoms with van der Waals surface area (Å²) in [6.45, 7) is 4.48. The van der Waals surface area contributed by atoms with E-state index in [0.717, 1.165) is 10.8 Å². The highest BCUT2D eigenvalue weighted by Gasteiger charge is 2.19. The number of phenolic OH excluding ortho intramolecular Hbond substituents is 1. The molecule has 0 saturated carbocycles. The van der Waals surface area contributed by atoms with Crippen molar-refractivity contribution in [3.63, 3.8) is 0 Å². The zero-order valence-corrected chi connectivity index (χ0v) is 12.6. The van der Waals surface area contributed by atoms with Crippen molar-refractivity contribution >= 4 is 16.7 Å². The Balaban J connectivity index is 2.28. The molecule has 0 aliphatic heterocycles. The van der Waals surface area contributed by atoms with Crippen molar-refractivity contribution in [2.24, 2.45) is 5.92 Å². The number of benzene rings is 2. The van der Waals surface area contributed by atoms with Crippen LogP contribution in [0.25, 0.3) is 10.8 Å². The lowest BCUT2D eigenvalue weighted by Crippen LogP contribution is -2.41. The Morgan fingerprint density at radius 1 is 1.24 bits per heavy atom. The van der Waals surface area contributed by atoms with Gasteiger partial charge in [-0.3, -0.25) is 4.79 Å². The number of nitrogens with one attached hydrogen (secondary N) is 1. The van der Waals surface area contributed by atoms with Gasteiger partial charge in [-0.25, -0.2) is 0 Å². The van der Waals surface area contributed by atoms with E-state index in [1.807, 2.05) is 38.1 Å². The standard InChI is InChI=1S/C17H21NO3/c1-11(2)15(10-21-3)18-17(20)14-8-12-6-4-5-7-13(12)9-16(14)19/h4-9,11,15,19H,10H2,1-3H3,(H,18,20). The van der Waals surface area contributed by atoms with Gasteiger partial charge >= 0.3 is 0 Å². The highest BCUT2D eigenvalue weighted by Crippen LogP contribution is 2.25. The normalized spacial score (nSPS) is 12.6. The molecule has 0 saturated heterocycles. The molecule has 0 spiro atoms. The summed E-state index contributed by atoms with van der Waals surface area (Å²) >= 11 is 0. The van der Waals surface area contributed by atoms with E-state index in [-0.39, 0.29) is 29.2 Å². The number of phenols is 1. The maximum atomic E-state index is 12.4. The molecule has 112 valence electrons. The molecule has 0 heterocycles. The van der Waals surface area contributed by atoms with Crippen LogP contribution in [0.1, 0.15) is 24.2 Å². The summed E-state index contributed by atoms with van der Waals surface area (Å²) in [7, 11) is 1.61. The number of aromatic hydroxyl groups is 1. The summed E-state index contributed by atoms with van der Waals surface area (Å²) in [6, 6.07) is 10.9. The summed E-state index contributed by atoms with van der Waals surface area (Å²) < 4.78 is 5.13. The molecule has 0 aliphatic rings. The minimum atomic E-state index is -0.283. The molecule has 0 bridgehead atoms. The third-order valence-corrected chi connectivity index (χ3v) is 3.58. The molecular weight excluding hydrogens is 266 g/mol. The van der Waals surface area contributed by atoms with Gasteiger partial charge in [-0.05, 0) is 28.8 Å². The van der Waals surface area contributed by atoms with Crippen molar-refractivity contribution in [2.45, 2.75) is 19.9 Å². The summed E-state index contributed by atoms with van der Waals surface area (Å²) in [5.41, 5.74) is 0.287. The van der Waals surface area contributed by atoms with Crippen LogP contribution in [0, 0.1) is 5.92 Å². The molecule has 0 fully saturated rings. The average molecular weight is 287 g/mol. The fourth-order valence-electron chi connectivity index (χ4n) is 2.24. The number of ether oxygens (including phenoxy) is 1. The van der Waals surface area contributed by atoms with Crippen molar-refractivity contribution in [3.8, 4) is 5.75 Å². The van der Waals surface area contributed by atoms with Crippen molar-refractivity contribution in [1.82, 2.24) is 5.32 Å². The van der Waals surface area contributed by atoms with Crippen LogP contribution in [-0.4, -0.2) is 30.8 Å². The van der Waals surface area contributed by atoms with E-state index in [2.05, 4.69) is 5.32 Å². The summed E-state index contributed by atoms with van der Waals surface area (Å²) in [4.78, 5) is 12.4. The van der Waals surface area contributed by atoms with Crippen LogP contribution in [0.15, 0.2) is 36.4 Å². The molecule has 21 heavy (non-hydrogen) atoms. The molecule has 2 rings (SSSR count). The monoisotopic (exact) mass is 287 g/mol. The third-order valence-electron chi connectivity index (χ3n) is 3.58. The maximum absolute atomic E-state index is 12.4. The highest BCUT2D eigenvalue weighted by atomic mass is 16.5. The zero-order chi connectivity index (χ0) is 15.4. The van der Waals surface area contributed by atoms with E-state index in [1.165, 1.54) is 0 Å². The summed E-state index contributed by atoms with van der Waals surface area (Å²) in [5, 5.41) is 14.8. The minimum absolute atomic E-state index is 0.00822. The predicted molar refractivity (Wildman–Crippen MR) is 83.6 cm³/mol.